The molecule has 2 N–H and O–H groups in total. The largest absolute Gasteiger partial charge is 0.496 e. The van der Waals surface area contributed by atoms with Crippen molar-refractivity contribution in [1.29, 1.82) is 0 Å². The summed E-state index contributed by atoms with van der Waals surface area (Å²) in [5.41, 5.74) is 9.52. The van der Waals surface area contributed by atoms with Crippen LogP contribution in [0.2, 0.25) is 0 Å². The predicted molar refractivity (Wildman–Crippen MR) is 67.9 cm³/mol. The van der Waals surface area contributed by atoms with Crippen LogP contribution in [-0.2, 0) is 0 Å². The van der Waals surface area contributed by atoms with Gasteiger partial charge in [-0.1, -0.05) is 6.07 Å². The number of rotatable bonds is 2. The Kier molecular flexibility index (Phi) is 2.95. The average molecular weight is 229 g/mol. The molecule has 0 bridgehead atoms. The fourth-order valence-corrected chi connectivity index (χ4v) is 1.73. The lowest BCUT2D eigenvalue weighted by Crippen LogP contribution is -1.97. The Morgan fingerprint density at radius 2 is 1.88 bits per heavy atom. The van der Waals surface area contributed by atoms with Crippen LogP contribution in [0.25, 0.3) is 11.3 Å². The molecule has 1 heterocycles. The molecule has 88 valence electrons. The molecular weight excluding hydrogens is 214 g/mol. The van der Waals surface area contributed by atoms with Crippen LogP contribution >= 0.6 is 0 Å². The third-order valence-electron chi connectivity index (χ3n) is 2.83. The van der Waals surface area contributed by atoms with E-state index in [9.17, 15) is 0 Å². The highest BCUT2D eigenvalue weighted by molar-refractivity contribution is 5.69. The van der Waals surface area contributed by atoms with Crippen molar-refractivity contribution in [3.8, 4) is 17.0 Å². The van der Waals surface area contributed by atoms with Crippen molar-refractivity contribution in [2.45, 2.75) is 13.8 Å². The summed E-state index contributed by atoms with van der Waals surface area (Å²) in [6.07, 6.45) is 3.20. The van der Waals surface area contributed by atoms with Gasteiger partial charge in [0.15, 0.2) is 0 Å². The first-order valence-electron chi connectivity index (χ1n) is 5.35. The molecule has 0 unspecified atom stereocenters. The molecule has 0 aliphatic carbocycles. The molecule has 4 nitrogen and oxygen atoms in total. The number of hydrogen-bond donors (Lipinski definition) is 1. The van der Waals surface area contributed by atoms with Crippen LogP contribution in [0, 0.1) is 13.8 Å². The normalized spacial score (nSPS) is 10.3. The van der Waals surface area contributed by atoms with Gasteiger partial charge in [-0.25, -0.2) is 4.98 Å². The molecule has 0 fully saturated rings. The highest BCUT2D eigenvalue weighted by atomic mass is 16.5. The Bertz CT molecular complexity index is 535. The summed E-state index contributed by atoms with van der Waals surface area (Å²) in [5.74, 6) is 1.25. The summed E-state index contributed by atoms with van der Waals surface area (Å²) in [5, 5.41) is 0. The fourth-order valence-electron chi connectivity index (χ4n) is 1.73. The van der Waals surface area contributed by atoms with Gasteiger partial charge in [0.05, 0.1) is 25.2 Å². The van der Waals surface area contributed by atoms with E-state index in [4.69, 9.17) is 10.5 Å². The van der Waals surface area contributed by atoms with Crippen molar-refractivity contribution < 1.29 is 4.74 Å². The van der Waals surface area contributed by atoms with Gasteiger partial charge in [-0.05, 0) is 31.0 Å². The van der Waals surface area contributed by atoms with Crippen molar-refractivity contribution >= 4 is 5.82 Å². The van der Waals surface area contributed by atoms with Gasteiger partial charge in [0.25, 0.3) is 0 Å². The Balaban J connectivity index is 2.59. The molecule has 0 saturated heterocycles. The number of nitrogen functional groups attached to an aromatic ring is 1. The summed E-state index contributed by atoms with van der Waals surface area (Å²) >= 11 is 0. The molecule has 4 heteroatoms. The highest BCUT2D eigenvalue weighted by Gasteiger charge is 2.11. The number of hydrogen-bond acceptors (Lipinski definition) is 4. The van der Waals surface area contributed by atoms with Gasteiger partial charge in [0, 0.05) is 5.56 Å². The van der Waals surface area contributed by atoms with Gasteiger partial charge in [-0.15, -0.1) is 0 Å². The monoisotopic (exact) mass is 229 g/mol. The zero-order valence-electron chi connectivity index (χ0n) is 10.2. The first-order chi connectivity index (χ1) is 8.13. The molecule has 2 aromatic rings. The van der Waals surface area contributed by atoms with E-state index < -0.39 is 0 Å². The molecule has 1 aromatic carbocycles. The van der Waals surface area contributed by atoms with Gasteiger partial charge in [0.2, 0.25) is 0 Å². The van der Waals surface area contributed by atoms with Crippen LogP contribution in [0.5, 0.6) is 5.75 Å². The molecule has 0 atom stereocenters. The molecule has 1 aromatic heterocycles. The van der Waals surface area contributed by atoms with Gasteiger partial charge in [0.1, 0.15) is 11.6 Å². The SMILES string of the molecule is COc1c(-c2cnc(N)cn2)ccc(C)c1C. The van der Waals surface area contributed by atoms with Gasteiger partial charge >= 0.3 is 0 Å². The lowest BCUT2D eigenvalue weighted by molar-refractivity contribution is 0.413. The predicted octanol–water partition coefficient (Wildman–Crippen LogP) is 2.35. The molecule has 0 amide bonds. The van der Waals surface area contributed by atoms with Crippen LogP contribution < -0.4 is 10.5 Å². The Hall–Kier alpha value is -2.10. The number of methoxy groups -OCH3 is 1. The molecule has 0 radical (unpaired) electrons. The van der Waals surface area contributed by atoms with E-state index in [-0.39, 0.29) is 0 Å². The number of aryl methyl sites for hydroxylation is 1. The minimum absolute atomic E-state index is 0.413. The van der Waals surface area contributed by atoms with Crippen molar-refractivity contribution in [2.75, 3.05) is 12.8 Å². The summed E-state index contributed by atoms with van der Waals surface area (Å²) in [6, 6.07) is 4.03. The van der Waals surface area contributed by atoms with Gasteiger partial charge < -0.3 is 10.5 Å². The second kappa shape index (κ2) is 4.41. The zero-order chi connectivity index (χ0) is 12.4. The number of anilines is 1. The van der Waals surface area contributed by atoms with Crippen LogP contribution in [0.15, 0.2) is 24.5 Å². The van der Waals surface area contributed by atoms with E-state index in [1.807, 2.05) is 19.1 Å². The van der Waals surface area contributed by atoms with Crippen molar-refractivity contribution in [2.24, 2.45) is 0 Å². The third-order valence-corrected chi connectivity index (χ3v) is 2.83. The standard InChI is InChI=1S/C13H15N3O/c1-8-4-5-10(13(17-3)9(8)2)11-6-16-12(14)7-15-11/h4-7H,1-3H3,(H2,14,16). The summed E-state index contributed by atoms with van der Waals surface area (Å²) in [6.45, 7) is 4.08. The fraction of sp³-hybridized carbons (Fsp3) is 0.231. The number of aromatic nitrogens is 2. The average Bonchev–Trinajstić information content (AvgIpc) is 2.34. The smallest absolute Gasteiger partial charge is 0.141 e. The summed E-state index contributed by atoms with van der Waals surface area (Å²) in [4.78, 5) is 8.30. The van der Waals surface area contributed by atoms with E-state index in [0.29, 0.717) is 5.82 Å². The molecule has 2 rings (SSSR count). The maximum absolute atomic E-state index is 5.52. The Morgan fingerprint density at radius 1 is 1.12 bits per heavy atom. The molecule has 0 aliphatic heterocycles. The third kappa shape index (κ3) is 2.06. The Morgan fingerprint density at radius 3 is 2.47 bits per heavy atom. The minimum Gasteiger partial charge on any atom is -0.496 e. The van der Waals surface area contributed by atoms with Gasteiger partial charge in [-0.3, -0.25) is 4.98 Å². The van der Waals surface area contributed by atoms with E-state index in [1.54, 1.807) is 19.5 Å². The summed E-state index contributed by atoms with van der Waals surface area (Å²) in [7, 11) is 1.66. The maximum Gasteiger partial charge on any atom is 0.141 e. The second-order valence-electron chi connectivity index (χ2n) is 3.91. The molecule has 17 heavy (non-hydrogen) atoms. The second-order valence-corrected chi connectivity index (χ2v) is 3.91. The topological polar surface area (TPSA) is 61.0 Å². The quantitative estimate of drug-likeness (QED) is 0.858. The van der Waals surface area contributed by atoms with Crippen LogP contribution in [-0.4, -0.2) is 17.1 Å². The number of nitrogens with zero attached hydrogens (tertiary/aromatic N) is 2. The van der Waals surface area contributed by atoms with Crippen molar-refractivity contribution in [1.82, 2.24) is 9.97 Å². The van der Waals surface area contributed by atoms with E-state index in [2.05, 4.69) is 16.9 Å². The zero-order valence-corrected chi connectivity index (χ0v) is 10.2. The lowest BCUT2D eigenvalue weighted by Gasteiger charge is -2.12. The van der Waals surface area contributed by atoms with E-state index >= 15 is 0 Å². The van der Waals surface area contributed by atoms with Crippen LogP contribution in [0.3, 0.4) is 0 Å². The highest BCUT2D eigenvalue weighted by Crippen LogP contribution is 2.33. The molecular formula is C13H15N3O. The first-order valence-corrected chi connectivity index (χ1v) is 5.35. The molecule has 0 aliphatic rings. The minimum atomic E-state index is 0.413. The van der Waals surface area contributed by atoms with Crippen molar-refractivity contribution in [3.63, 3.8) is 0 Å². The van der Waals surface area contributed by atoms with Gasteiger partial charge in [-0.2, -0.15) is 0 Å². The van der Waals surface area contributed by atoms with Crippen LogP contribution in [0.4, 0.5) is 5.82 Å². The first kappa shape index (κ1) is 11.4. The van der Waals surface area contributed by atoms with Crippen LogP contribution in [0.1, 0.15) is 11.1 Å². The molecule has 0 spiro atoms. The summed E-state index contributed by atoms with van der Waals surface area (Å²) < 4.78 is 5.44. The number of benzene rings is 1. The van der Waals surface area contributed by atoms with Crippen molar-refractivity contribution in [3.05, 3.63) is 35.7 Å². The Labute approximate surface area is 100 Å². The van der Waals surface area contributed by atoms with E-state index in [1.165, 1.54) is 5.56 Å². The molecule has 0 saturated carbocycles. The van der Waals surface area contributed by atoms with E-state index in [0.717, 1.165) is 22.6 Å². The lowest BCUT2D eigenvalue weighted by atomic mass is 10.0. The maximum atomic E-state index is 5.52. The number of ether oxygens (including phenoxy) is 1. The number of nitrogens with two attached hydrogens (primary N) is 1.